The van der Waals surface area contributed by atoms with Crippen LogP contribution in [0, 0.1) is 0 Å². The van der Waals surface area contributed by atoms with Crippen molar-refractivity contribution in [1.82, 2.24) is 15.6 Å². The lowest BCUT2D eigenvalue weighted by atomic mass is 10.4. The maximum absolute atomic E-state index is 4.34. The summed E-state index contributed by atoms with van der Waals surface area (Å²) in [6, 6.07) is 0. The SMILES string of the molecule is CCc1cnc(CNC2=NCCCN2)s1. The van der Waals surface area contributed by atoms with E-state index in [2.05, 4.69) is 27.5 Å². The fourth-order valence-corrected chi connectivity index (χ4v) is 2.21. The van der Waals surface area contributed by atoms with Crippen LogP contribution >= 0.6 is 11.3 Å². The second-order valence-electron chi connectivity index (χ2n) is 3.44. The Morgan fingerprint density at radius 2 is 2.53 bits per heavy atom. The van der Waals surface area contributed by atoms with E-state index in [1.165, 1.54) is 4.88 Å². The number of rotatable bonds is 3. The number of aliphatic imine (C=N–C) groups is 1. The van der Waals surface area contributed by atoms with Gasteiger partial charge in [0.25, 0.3) is 0 Å². The number of nitrogens with one attached hydrogen (secondary N) is 2. The highest BCUT2D eigenvalue weighted by atomic mass is 32.1. The zero-order valence-electron chi connectivity index (χ0n) is 8.92. The van der Waals surface area contributed by atoms with Crippen molar-refractivity contribution in [3.63, 3.8) is 0 Å². The largest absolute Gasteiger partial charge is 0.356 e. The summed E-state index contributed by atoms with van der Waals surface area (Å²) in [5.41, 5.74) is 0. The first kappa shape index (κ1) is 10.4. The van der Waals surface area contributed by atoms with Crippen molar-refractivity contribution < 1.29 is 0 Å². The molecule has 0 saturated heterocycles. The highest BCUT2D eigenvalue weighted by Crippen LogP contribution is 2.12. The molecule has 0 radical (unpaired) electrons. The summed E-state index contributed by atoms with van der Waals surface area (Å²) in [4.78, 5) is 10.0. The topological polar surface area (TPSA) is 49.3 Å². The fourth-order valence-electron chi connectivity index (χ4n) is 1.40. The molecule has 0 aromatic carbocycles. The minimum Gasteiger partial charge on any atom is -0.356 e. The Bertz CT molecular complexity index is 345. The molecule has 1 aliphatic rings. The number of aromatic nitrogens is 1. The maximum atomic E-state index is 4.34. The van der Waals surface area contributed by atoms with Gasteiger partial charge in [-0.1, -0.05) is 6.92 Å². The Kier molecular flexibility index (Phi) is 3.55. The van der Waals surface area contributed by atoms with E-state index in [1.807, 2.05) is 6.20 Å². The molecule has 5 heteroatoms. The van der Waals surface area contributed by atoms with Crippen molar-refractivity contribution in [2.24, 2.45) is 4.99 Å². The average Bonchev–Trinajstić information content (AvgIpc) is 2.76. The summed E-state index contributed by atoms with van der Waals surface area (Å²) >= 11 is 1.77. The standard InChI is InChI=1S/C10H16N4S/c1-2-8-6-13-9(15-8)7-14-10-11-4-3-5-12-10/h6H,2-5,7H2,1H3,(H2,11,12,14). The van der Waals surface area contributed by atoms with Gasteiger partial charge in [0.05, 0.1) is 6.54 Å². The third kappa shape index (κ3) is 2.92. The maximum Gasteiger partial charge on any atom is 0.191 e. The van der Waals surface area contributed by atoms with Crippen molar-refractivity contribution >= 4 is 17.3 Å². The number of aryl methyl sites for hydroxylation is 1. The Balaban J connectivity index is 1.84. The second kappa shape index (κ2) is 5.11. The van der Waals surface area contributed by atoms with Gasteiger partial charge in [-0.05, 0) is 12.8 Å². The summed E-state index contributed by atoms with van der Waals surface area (Å²) < 4.78 is 0. The molecule has 0 spiro atoms. The van der Waals surface area contributed by atoms with Gasteiger partial charge in [-0.3, -0.25) is 4.99 Å². The molecule has 1 aliphatic heterocycles. The van der Waals surface area contributed by atoms with Crippen LogP contribution < -0.4 is 10.6 Å². The van der Waals surface area contributed by atoms with Crippen LogP contribution in [0.4, 0.5) is 0 Å². The van der Waals surface area contributed by atoms with Crippen LogP contribution in [0.2, 0.25) is 0 Å². The predicted octanol–water partition coefficient (Wildman–Crippen LogP) is 1.14. The zero-order chi connectivity index (χ0) is 10.5. The molecule has 0 saturated carbocycles. The minimum absolute atomic E-state index is 0.774. The van der Waals surface area contributed by atoms with E-state index in [1.54, 1.807) is 11.3 Å². The van der Waals surface area contributed by atoms with E-state index in [0.29, 0.717) is 0 Å². The lowest BCUT2D eigenvalue weighted by Crippen LogP contribution is -2.40. The summed E-state index contributed by atoms with van der Waals surface area (Å²) in [6.45, 7) is 4.87. The van der Waals surface area contributed by atoms with Crippen LogP contribution in [-0.4, -0.2) is 24.0 Å². The first-order chi connectivity index (χ1) is 7.38. The molecule has 1 aromatic rings. The van der Waals surface area contributed by atoms with E-state index in [4.69, 9.17) is 0 Å². The van der Waals surface area contributed by atoms with Gasteiger partial charge in [0.15, 0.2) is 5.96 Å². The Hall–Kier alpha value is -1.10. The Morgan fingerprint density at radius 1 is 1.60 bits per heavy atom. The molecule has 15 heavy (non-hydrogen) atoms. The second-order valence-corrected chi connectivity index (χ2v) is 4.64. The number of guanidine groups is 1. The monoisotopic (exact) mass is 224 g/mol. The van der Waals surface area contributed by atoms with Crippen molar-refractivity contribution in [2.45, 2.75) is 26.3 Å². The van der Waals surface area contributed by atoms with Gasteiger partial charge < -0.3 is 10.6 Å². The molecule has 4 nitrogen and oxygen atoms in total. The lowest BCUT2D eigenvalue weighted by Gasteiger charge is -2.14. The molecule has 0 amide bonds. The van der Waals surface area contributed by atoms with Crippen molar-refractivity contribution in [1.29, 1.82) is 0 Å². The Labute approximate surface area is 93.8 Å². The van der Waals surface area contributed by atoms with Crippen LogP contribution in [0.1, 0.15) is 23.2 Å². The first-order valence-electron chi connectivity index (χ1n) is 5.34. The molecule has 2 heterocycles. The summed E-state index contributed by atoms with van der Waals surface area (Å²) in [5, 5.41) is 7.61. The average molecular weight is 224 g/mol. The van der Waals surface area contributed by atoms with Crippen molar-refractivity contribution in [2.75, 3.05) is 13.1 Å². The number of nitrogens with zero attached hydrogens (tertiary/aromatic N) is 2. The van der Waals surface area contributed by atoms with E-state index < -0.39 is 0 Å². The van der Waals surface area contributed by atoms with Crippen LogP contribution in [0.25, 0.3) is 0 Å². The molecular formula is C10H16N4S. The number of hydrogen-bond acceptors (Lipinski definition) is 5. The van der Waals surface area contributed by atoms with Gasteiger partial charge in [0.1, 0.15) is 5.01 Å². The molecule has 0 fully saturated rings. The smallest absolute Gasteiger partial charge is 0.191 e. The molecule has 0 atom stereocenters. The lowest BCUT2D eigenvalue weighted by molar-refractivity contribution is 0.701. The minimum atomic E-state index is 0.774. The van der Waals surface area contributed by atoms with Gasteiger partial charge in [-0.15, -0.1) is 11.3 Å². The van der Waals surface area contributed by atoms with Crippen LogP contribution in [0.3, 0.4) is 0 Å². The van der Waals surface area contributed by atoms with E-state index in [9.17, 15) is 0 Å². The number of thiazole rings is 1. The molecule has 0 bridgehead atoms. The molecule has 0 aliphatic carbocycles. The van der Waals surface area contributed by atoms with E-state index in [0.717, 1.165) is 43.4 Å². The summed E-state index contributed by atoms with van der Waals surface area (Å²) in [5.74, 6) is 0.912. The number of hydrogen-bond donors (Lipinski definition) is 2. The fraction of sp³-hybridized carbons (Fsp3) is 0.600. The highest BCUT2D eigenvalue weighted by Gasteiger charge is 2.04. The van der Waals surface area contributed by atoms with Gasteiger partial charge in [-0.2, -0.15) is 0 Å². The van der Waals surface area contributed by atoms with E-state index >= 15 is 0 Å². The normalized spacial score (nSPS) is 15.7. The highest BCUT2D eigenvalue weighted by molar-refractivity contribution is 7.11. The molecule has 1 aromatic heterocycles. The molecule has 0 unspecified atom stereocenters. The summed E-state index contributed by atoms with van der Waals surface area (Å²) in [6.07, 6.45) is 4.15. The summed E-state index contributed by atoms with van der Waals surface area (Å²) in [7, 11) is 0. The van der Waals surface area contributed by atoms with Gasteiger partial charge in [0, 0.05) is 24.2 Å². The molecular weight excluding hydrogens is 208 g/mol. The molecule has 2 rings (SSSR count). The van der Waals surface area contributed by atoms with Gasteiger partial charge in [0.2, 0.25) is 0 Å². The molecule has 82 valence electrons. The van der Waals surface area contributed by atoms with Gasteiger partial charge in [-0.25, -0.2) is 4.98 Å². The van der Waals surface area contributed by atoms with E-state index in [-0.39, 0.29) is 0 Å². The quantitative estimate of drug-likeness (QED) is 0.809. The van der Waals surface area contributed by atoms with Crippen molar-refractivity contribution in [3.8, 4) is 0 Å². The third-order valence-electron chi connectivity index (χ3n) is 2.25. The van der Waals surface area contributed by atoms with Crippen molar-refractivity contribution in [3.05, 3.63) is 16.1 Å². The van der Waals surface area contributed by atoms with Gasteiger partial charge >= 0.3 is 0 Å². The third-order valence-corrected chi connectivity index (χ3v) is 3.40. The van der Waals surface area contributed by atoms with Crippen LogP contribution in [-0.2, 0) is 13.0 Å². The predicted molar refractivity (Wildman–Crippen MR) is 63.3 cm³/mol. The van der Waals surface area contributed by atoms with Crippen LogP contribution in [0.15, 0.2) is 11.2 Å². The zero-order valence-corrected chi connectivity index (χ0v) is 9.73. The van der Waals surface area contributed by atoms with Crippen LogP contribution in [0.5, 0.6) is 0 Å². The molecule has 2 N–H and O–H groups in total. The first-order valence-corrected chi connectivity index (χ1v) is 6.16. The Morgan fingerprint density at radius 3 is 3.20 bits per heavy atom.